The standard InChI is InChI=1S/C18H23NO2/c1-13(19-11-17-12-20-18(2,3)21-17)15-9-8-14-6-4-5-7-16(14)10-15/h4-10,13,17,19H,11-12H2,1-3H3. The van der Waals surface area contributed by atoms with Gasteiger partial charge in [0.25, 0.3) is 0 Å². The molecule has 0 aliphatic carbocycles. The van der Waals surface area contributed by atoms with Crippen LogP contribution in [0.25, 0.3) is 10.8 Å². The zero-order valence-corrected chi connectivity index (χ0v) is 12.9. The van der Waals surface area contributed by atoms with Crippen LogP contribution in [0.3, 0.4) is 0 Å². The Morgan fingerprint density at radius 1 is 1.19 bits per heavy atom. The quantitative estimate of drug-likeness (QED) is 0.930. The zero-order valence-electron chi connectivity index (χ0n) is 12.9. The molecule has 0 amide bonds. The molecule has 3 rings (SSSR count). The van der Waals surface area contributed by atoms with Crippen molar-refractivity contribution in [3.05, 3.63) is 48.0 Å². The van der Waals surface area contributed by atoms with E-state index in [-0.39, 0.29) is 6.10 Å². The summed E-state index contributed by atoms with van der Waals surface area (Å²) in [5.74, 6) is -0.446. The predicted octanol–water partition coefficient (Wildman–Crippen LogP) is 3.64. The molecule has 1 N–H and O–H groups in total. The van der Waals surface area contributed by atoms with E-state index >= 15 is 0 Å². The van der Waals surface area contributed by atoms with Crippen LogP contribution in [0.2, 0.25) is 0 Å². The first-order valence-corrected chi connectivity index (χ1v) is 7.57. The fourth-order valence-electron chi connectivity index (χ4n) is 2.77. The number of nitrogens with one attached hydrogen (secondary N) is 1. The third-order valence-corrected chi connectivity index (χ3v) is 3.99. The van der Waals surface area contributed by atoms with Gasteiger partial charge in [0.2, 0.25) is 0 Å². The Morgan fingerprint density at radius 3 is 2.67 bits per heavy atom. The molecule has 1 aliphatic heterocycles. The minimum Gasteiger partial charge on any atom is -0.348 e. The van der Waals surface area contributed by atoms with Gasteiger partial charge in [-0.15, -0.1) is 0 Å². The number of ether oxygens (including phenoxy) is 2. The lowest BCUT2D eigenvalue weighted by molar-refractivity contribution is -0.137. The van der Waals surface area contributed by atoms with Gasteiger partial charge in [-0.05, 0) is 43.2 Å². The molecule has 0 radical (unpaired) electrons. The summed E-state index contributed by atoms with van der Waals surface area (Å²) in [5.41, 5.74) is 1.30. The van der Waals surface area contributed by atoms with E-state index in [0.29, 0.717) is 12.6 Å². The normalized spacial score (nSPS) is 22.5. The Balaban J connectivity index is 1.63. The average molecular weight is 285 g/mol. The summed E-state index contributed by atoms with van der Waals surface area (Å²) in [7, 11) is 0. The molecule has 1 fully saturated rings. The highest BCUT2D eigenvalue weighted by atomic mass is 16.7. The maximum absolute atomic E-state index is 5.82. The Morgan fingerprint density at radius 2 is 1.95 bits per heavy atom. The lowest BCUT2D eigenvalue weighted by Crippen LogP contribution is -2.32. The van der Waals surface area contributed by atoms with E-state index in [2.05, 4.69) is 54.7 Å². The van der Waals surface area contributed by atoms with Gasteiger partial charge in [-0.25, -0.2) is 0 Å². The van der Waals surface area contributed by atoms with Crippen molar-refractivity contribution in [1.29, 1.82) is 0 Å². The van der Waals surface area contributed by atoms with Crippen molar-refractivity contribution in [3.63, 3.8) is 0 Å². The first kappa shape index (κ1) is 14.5. The van der Waals surface area contributed by atoms with Crippen LogP contribution in [-0.4, -0.2) is 25.0 Å². The first-order chi connectivity index (χ1) is 10.0. The van der Waals surface area contributed by atoms with Crippen LogP contribution in [0.5, 0.6) is 0 Å². The molecular formula is C18H23NO2. The van der Waals surface area contributed by atoms with Gasteiger partial charge in [-0.2, -0.15) is 0 Å². The van der Waals surface area contributed by atoms with Gasteiger partial charge in [0, 0.05) is 12.6 Å². The molecule has 0 aromatic heterocycles. The second-order valence-electron chi connectivity index (χ2n) is 6.19. The van der Waals surface area contributed by atoms with Crippen molar-refractivity contribution < 1.29 is 9.47 Å². The molecule has 1 aliphatic rings. The molecule has 1 heterocycles. The Labute approximate surface area is 126 Å². The van der Waals surface area contributed by atoms with Crippen molar-refractivity contribution in [3.8, 4) is 0 Å². The maximum atomic E-state index is 5.82. The van der Waals surface area contributed by atoms with Gasteiger partial charge in [0.05, 0.1) is 12.7 Å². The number of hydrogen-bond acceptors (Lipinski definition) is 3. The molecule has 2 aromatic carbocycles. The zero-order chi connectivity index (χ0) is 14.9. The summed E-state index contributed by atoms with van der Waals surface area (Å²) in [5, 5.41) is 6.10. The SMILES string of the molecule is CC(NCC1COC(C)(C)O1)c1ccc2ccccc2c1. The minimum atomic E-state index is -0.446. The van der Waals surface area contributed by atoms with E-state index in [0.717, 1.165) is 6.54 Å². The first-order valence-electron chi connectivity index (χ1n) is 7.57. The van der Waals surface area contributed by atoms with Crippen molar-refractivity contribution in [2.24, 2.45) is 0 Å². The van der Waals surface area contributed by atoms with Crippen LogP contribution in [0.15, 0.2) is 42.5 Å². The summed E-state index contributed by atoms with van der Waals surface area (Å²) < 4.78 is 11.4. The molecule has 1 saturated heterocycles. The summed E-state index contributed by atoms with van der Waals surface area (Å²) in [6.45, 7) is 7.56. The van der Waals surface area contributed by atoms with Crippen LogP contribution >= 0.6 is 0 Å². The summed E-state index contributed by atoms with van der Waals surface area (Å²) in [6.07, 6.45) is 0.128. The summed E-state index contributed by atoms with van der Waals surface area (Å²) in [6, 6.07) is 15.4. The minimum absolute atomic E-state index is 0.128. The fourth-order valence-corrected chi connectivity index (χ4v) is 2.77. The highest BCUT2D eigenvalue weighted by molar-refractivity contribution is 5.83. The van der Waals surface area contributed by atoms with E-state index < -0.39 is 5.79 Å². The molecule has 2 unspecified atom stereocenters. The third-order valence-electron chi connectivity index (χ3n) is 3.99. The second kappa shape index (κ2) is 5.76. The van der Waals surface area contributed by atoms with Gasteiger partial charge >= 0.3 is 0 Å². The number of benzene rings is 2. The maximum Gasteiger partial charge on any atom is 0.163 e. The predicted molar refractivity (Wildman–Crippen MR) is 85.3 cm³/mol. The van der Waals surface area contributed by atoms with Gasteiger partial charge < -0.3 is 14.8 Å². The van der Waals surface area contributed by atoms with Crippen LogP contribution in [0.4, 0.5) is 0 Å². The van der Waals surface area contributed by atoms with Crippen molar-refractivity contribution in [2.45, 2.75) is 38.7 Å². The molecule has 0 saturated carbocycles. The van der Waals surface area contributed by atoms with Gasteiger partial charge in [0.15, 0.2) is 5.79 Å². The third kappa shape index (κ3) is 3.43. The Hall–Kier alpha value is -1.42. The molecule has 21 heavy (non-hydrogen) atoms. The van der Waals surface area contributed by atoms with E-state index in [4.69, 9.17) is 9.47 Å². The molecule has 2 atom stereocenters. The number of rotatable bonds is 4. The van der Waals surface area contributed by atoms with Crippen LogP contribution < -0.4 is 5.32 Å². The van der Waals surface area contributed by atoms with Crippen molar-refractivity contribution in [2.75, 3.05) is 13.2 Å². The van der Waals surface area contributed by atoms with Crippen LogP contribution in [-0.2, 0) is 9.47 Å². The lowest BCUT2D eigenvalue weighted by Gasteiger charge is -2.19. The Bertz CT molecular complexity index is 623. The molecule has 3 heteroatoms. The van der Waals surface area contributed by atoms with E-state index in [9.17, 15) is 0 Å². The average Bonchev–Trinajstić information content (AvgIpc) is 2.83. The van der Waals surface area contributed by atoms with E-state index in [1.807, 2.05) is 13.8 Å². The monoisotopic (exact) mass is 285 g/mol. The smallest absolute Gasteiger partial charge is 0.163 e. The number of fused-ring (bicyclic) bond motifs is 1. The van der Waals surface area contributed by atoms with Crippen LogP contribution in [0, 0.1) is 0 Å². The van der Waals surface area contributed by atoms with E-state index in [1.165, 1.54) is 16.3 Å². The van der Waals surface area contributed by atoms with Crippen molar-refractivity contribution >= 4 is 10.8 Å². The highest BCUT2D eigenvalue weighted by Crippen LogP contribution is 2.23. The van der Waals surface area contributed by atoms with Gasteiger partial charge in [0.1, 0.15) is 0 Å². The Kier molecular flexibility index (Phi) is 3.98. The topological polar surface area (TPSA) is 30.5 Å². The summed E-state index contributed by atoms with van der Waals surface area (Å²) in [4.78, 5) is 0. The van der Waals surface area contributed by atoms with Crippen LogP contribution in [0.1, 0.15) is 32.4 Å². The number of hydrogen-bond donors (Lipinski definition) is 1. The molecular weight excluding hydrogens is 262 g/mol. The van der Waals surface area contributed by atoms with Crippen molar-refractivity contribution in [1.82, 2.24) is 5.32 Å². The van der Waals surface area contributed by atoms with Gasteiger partial charge in [-0.3, -0.25) is 0 Å². The summed E-state index contributed by atoms with van der Waals surface area (Å²) >= 11 is 0. The highest BCUT2D eigenvalue weighted by Gasteiger charge is 2.32. The molecule has 0 bridgehead atoms. The molecule has 112 valence electrons. The lowest BCUT2D eigenvalue weighted by atomic mass is 10.0. The molecule has 3 nitrogen and oxygen atoms in total. The van der Waals surface area contributed by atoms with Gasteiger partial charge in [-0.1, -0.05) is 36.4 Å². The fraction of sp³-hybridized carbons (Fsp3) is 0.444. The molecule has 0 spiro atoms. The largest absolute Gasteiger partial charge is 0.348 e. The molecule has 2 aromatic rings. The van der Waals surface area contributed by atoms with E-state index in [1.54, 1.807) is 0 Å². The second-order valence-corrected chi connectivity index (χ2v) is 6.19.